The third-order valence-electron chi connectivity index (χ3n) is 3.78. The second-order valence-electron chi connectivity index (χ2n) is 5.22. The number of piperidine rings is 1. The summed E-state index contributed by atoms with van der Waals surface area (Å²) in [6.07, 6.45) is 1.30. The first-order chi connectivity index (χ1) is 9.43. The quantitative estimate of drug-likeness (QED) is 0.699. The molecule has 20 heavy (non-hydrogen) atoms. The smallest absolute Gasteiger partial charge is 0.240 e. The predicted octanol–water partition coefficient (Wildman–Crippen LogP) is 0.267. The molecule has 0 saturated carbocycles. The van der Waals surface area contributed by atoms with Crippen molar-refractivity contribution in [2.75, 3.05) is 39.4 Å². The second-order valence-corrected chi connectivity index (χ2v) is 8.09. The third-order valence-corrected chi connectivity index (χ3v) is 6.28. The lowest BCUT2D eigenvalue weighted by molar-refractivity contribution is -0.131. The number of sulfonamides is 1. The molecule has 116 valence electrons. The summed E-state index contributed by atoms with van der Waals surface area (Å²) in [5.74, 6) is -0.187. The number of ether oxygens (including phenoxy) is 1. The van der Waals surface area contributed by atoms with Gasteiger partial charge in [-0.3, -0.25) is 4.79 Å². The summed E-state index contributed by atoms with van der Waals surface area (Å²) >= 11 is 5.80. The number of halogens is 1. The van der Waals surface area contributed by atoms with Gasteiger partial charge in [-0.25, -0.2) is 8.42 Å². The van der Waals surface area contributed by atoms with E-state index < -0.39 is 20.7 Å². The average molecular weight is 325 g/mol. The number of rotatable bonds is 3. The third kappa shape index (κ3) is 3.44. The SMILES string of the molecule is CC(Cl)C(=O)N1CCCC(S(=O)(=O)N2CCOCC2)C1. The minimum Gasteiger partial charge on any atom is -0.379 e. The summed E-state index contributed by atoms with van der Waals surface area (Å²) in [7, 11) is -3.36. The topological polar surface area (TPSA) is 66.9 Å². The van der Waals surface area contributed by atoms with Crippen LogP contribution in [0.15, 0.2) is 0 Å². The van der Waals surface area contributed by atoms with Crippen LogP contribution in [0.4, 0.5) is 0 Å². The van der Waals surface area contributed by atoms with Gasteiger partial charge >= 0.3 is 0 Å². The Morgan fingerprint density at radius 3 is 2.55 bits per heavy atom. The summed E-state index contributed by atoms with van der Waals surface area (Å²) in [6, 6.07) is 0. The summed E-state index contributed by atoms with van der Waals surface area (Å²) < 4.78 is 31.8. The van der Waals surface area contributed by atoms with Gasteiger partial charge in [-0.05, 0) is 19.8 Å². The lowest BCUT2D eigenvalue weighted by Gasteiger charge is -2.36. The molecule has 0 aliphatic carbocycles. The van der Waals surface area contributed by atoms with Crippen molar-refractivity contribution in [2.24, 2.45) is 0 Å². The minimum atomic E-state index is -3.36. The van der Waals surface area contributed by atoms with Crippen molar-refractivity contribution in [2.45, 2.75) is 30.4 Å². The van der Waals surface area contributed by atoms with E-state index in [-0.39, 0.29) is 12.5 Å². The van der Waals surface area contributed by atoms with Crippen LogP contribution >= 0.6 is 11.6 Å². The molecule has 2 heterocycles. The molecule has 2 atom stereocenters. The highest BCUT2D eigenvalue weighted by Gasteiger charge is 2.37. The number of nitrogens with zero attached hydrogens (tertiary/aromatic N) is 2. The first-order valence-corrected chi connectivity index (χ1v) is 8.86. The van der Waals surface area contributed by atoms with Gasteiger partial charge in [0.05, 0.1) is 18.5 Å². The molecule has 0 bridgehead atoms. The molecule has 0 N–H and O–H groups in total. The molecule has 0 aromatic heterocycles. The fourth-order valence-corrected chi connectivity index (χ4v) is 4.70. The molecule has 2 fully saturated rings. The van der Waals surface area contributed by atoms with Crippen LogP contribution in [0.3, 0.4) is 0 Å². The molecule has 2 rings (SSSR count). The molecule has 6 nitrogen and oxygen atoms in total. The number of alkyl halides is 1. The number of morpholine rings is 1. The molecule has 2 aliphatic heterocycles. The first-order valence-electron chi connectivity index (χ1n) is 6.92. The second kappa shape index (κ2) is 6.60. The van der Waals surface area contributed by atoms with Crippen LogP contribution in [0.5, 0.6) is 0 Å². The Labute approximate surface area is 125 Å². The van der Waals surface area contributed by atoms with Gasteiger partial charge in [-0.2, -0.15) is 4.31 Å². The van der Waals surface area contributed by atoms with Crippen LogP contribution in [0.25, 0.3) is 0 Å². The highest BCUT2D eigenvalue weighted by molar-refractivity contribution is 7.89. The molecule has 0 aromatic rings. The number of carbonyl (C=O) groups is 1. The van der Waals surface area contributed by atoms with Crippen molar-refractivity contribution in [3.8, 4) is 0 Å². The monoisotopic (exact) mass is 324 g/mol. The van der Waals surface area contributed by atoms with E-state index in [2.05, 4.69) is 0 Å². The van der Waals surface area contributed by atoms with E-state index in [1.807, 2.05) is 0 Å². The highest BCUT2D eigenvalue weighted by atomic mass is 35.5. The molecule has 2 saturated heterocycles. The van der Waals surface area contributed by atoms with Crippen molar-refractivity contribution in [3.05, 3.63) is 0 Å². The zero-order chi connectivity index (χ0) is 14.8. The average Bonchev–Trinajstić information content (AvgIpc) is 2.47. The fraction of sp³-hybridized carbons (Fsp3) is 0.917. The molecular formula is C12H21ClN2O4S. The zero-order valence-electron chi connectivity index (χ0n) is 11.6. The highest BCUT2D eigenvalue weighted by Crippen LogP contribution is 2.22. The van der Waals surface area contributed by atoms with Gasteiger partial charge in [-0.15, -0.1) is 11.6 Å². The van der Waals surface area contributed by atoms with Crippen LogP contribution in [0.2, 0.25) is 0 Å². The molecule has 0 spiro atoms. The summed E-state index contributed by atoms with van der Waals surface area (Å²) in [5, 5.41) is -1.13. The van der Waals surface area contributed by atoms with Gasteiger partial charge < -0.3 is 9.64 Å². The molecule has 2 unspecified atom stereocenters. The number of hydrogen-bond donors (Lipinski definition) is 0. The van der Waals surface area contributed by atoms with Crippen LogP contribution < -0.4 is 0 Å². The Bertz CT molecular complexity index is 448. The molecule has 1 amide bonds. The van der Waals surface area contributed by atoms with Gasteiger partial charge in [0.25, 0.3) is 0 Å². The maximum atomic E-state index is 12.6. The fourth-order valence-electron chi connectivity index (χ4n) is 2.64. The number of hydrogen-bond acceptors (Lipinski definition) is 4. The Morgan fingerprint density at radius 1 is 1.30 bits per heavy atom. The van der Waals surface area contributed by atoms with Crippen LogP contribution in [-0.2, 0) is 19.6 Å². The normalized spacial score (nSPS) is 27.3. The Morgan fingerprint density at radius 2 is 1.95 bits per heavy atom. The first kappa shape index (κ1) is 16.0. The standard InChI is InChI=1S/C12H21ClN2O4S/c1-10(13)12(16)14-4-2-3-11(9-14)20(17,18)15-5-7-19-8-6-15/h10-11H,2-9H2,1H3. The van der Waals surface area contributed by atoms with Gasteiger partial charge in [0.2, 0.25) is 15.9 Å². The maximum Gasteiger partial charge on any atom is 0.240 e. The molecule has 0 radical (unpaired) electrons. The van der Waals surface area contributed by atoms with E-state index in [0.717, 1.165) is 0 Å². The number of carbonyl (C=O) groups excluding carboxylic acids is 1. The van der Waals surface area contributed by atoms with Crippen molar-refractivity contribution >= 4 is 27.5 Å². The lowest BCUT2D eigenvalue weighted by Crippen LogP contribution is -2.52. The molecular weight excluding hydrogens is 304 g/mol. The summed E-state index contributed by atoms with van der Waals surface area (Å²) in [4.78, 5) is 13.5. The van der Waals surface area contributed by atoms with Gasteiger partial charge in [0.1, 0.15) is 5.38 Å². The number of amides is 1. The Balaban J connectivity index is 2.05. The van der Waals surface area contributed by atoms with Crippen LogP contribution in [-0.4, -0.2) is 73.5 Å². The van der Waals surface area contributed by atoms with Crippen molar-refractivity contribution in [3.63, 3.8) is 0 Å². The molecule has 0 aromatic carbocycles. The van der Waals surface area contributed by atoms with E-state index in [0.29, 0.717) is 45.7 Å². The van der Waals surface area contributed by atoms with E-state index in [9.17, 15) is 13.2 Å². The molecule has 8 heteroatoms. The Kier molecular flexibility index (Phi) is 5.28. The largest absolute Gasteiger partial charge is 0.379 e. The van der Waals surface area contributed by atoms with Gasteiger partial charge in [-0.1, -0.05) is 0 Å². The summed E-state index contributed by atoms with van der Waals surface area (Å²) in [6.45, 7) is 4.13. The van der Waals surface area contributed by atoms with E-state index in [1.54, 1.807) is 11.8 Å². The Hall–Kier alpha value is -0.370. The minimum absolute atomic E-state index is 0.187. The van der Waals surface area contributed by atoms with E-state index in [1.165, 1.54) is 4.31 Å². The van der Waals surface area contributed by atoms with Crippen LogP contribution in [0.1, 0.15) is 19.8 Å². The van der Waals surface area contributed by atoms with Crippen LogP contribution in [0, 0.1) is 0 Å². The van der Waals surface area contributed by atoms with Crippen molar-refractivity contribution in [1.29, 1.82) is 0 Å². The number of likely N-dealkylation sites (tertiary alicyclic amines) is 1. The van der Waals surface area contributed by atoms with E-state index >= 15 is 0 Å². The molecule has 2 aliphatic rings. The maximum absolute atomic E-state index is 12.6. The van der Waals surface area contributed by atoms with Gasteiger partial charge in [0, 0.05) is 26.2 Å². The zero-order valence-corrected chi connectivity index (χ0v) is 13.2. The lowest BCUT2D eigenvalue weighted by atomic mass is 10.1. The van der Waals surface area contributed by atoms with E-state index in [4.69, 9.17) is 16.3 Å². The summed E-state index contributed by atoms with van der Waals surface area (Å²) in [5.41, 5.74) is 0. The van der Waals surface area contributed by atoms with Crippen molar-refractivity contribution in [1.82, 2.24) is 9.21 Å². The van der Waals surface area contributed by atoms with Crippen molar-refractivity contribution < 1.29 is 17.9 Å². The predicted molar refractivity (Wildman–Crippen MR) is 76.2 cm³/mol. The van der Waals surface area contributed by atoms with Gasteiger partial charge in [0.15, 0.2) is 0 Å².